The van der Waals surface area contributed by atoms with Crippen molar-refractivity contribution in [3.05, 3.63) is 22.6 Å². The Labute approximate surface area is 118 Å². The second kappa shape index (κ2) is 4.92. The number of carbonyl (C=O) groups is 1. The molecular formula is C13H14BrN3O2. The van der Waals surface area contributed by atoms with Gasteiger partial charge in [-0.25, -0.2) is 9.97 Å². The molecule has 0 bridgehead atoms. The van der Waals surface area contributed by atoms with E-state index >= 15 is 0 Å². The van der Waals surface area contributed by atoms with E-state index in [1.54, 1.807) is 6.20 Å². The molecule has 100 valence electrons. The zero-order valence-corrected chi connectivity index (χ0v) is 11.9. The molecule has 2 heterocycles. The molecule has 0 unspecified atom stereocenters. The first kappa shape index (κ1) is 12.6. The van der Waals surface area contributed by atoms with E-state index in [0.717, 1.165) is 21.5 Å². The fraction of sp³-hybridized carbons (Fsp3) is 0.462. The maximum Gasteiger partial charge on any atom is 0.303 e. The SMILES string of the molecule is O=C(O)CCCn1c(C2CC2)nc2cc(Br)cnc21. The third-order valence-corrected chi connectivity index (χ3v) is 3.73. The van der Waals surface area contributed by atoms with Gasteiger partial charge in [-0.05, 0) is 41.3 Å². The third-order valence-electron chi connectivity index (χ3n) is 3.30. The van der Waals surface area contributed by atoms with Gasteiger partial charge in [-0.2, -0.15) is 0 Å². The number of aliphatic carboxylic acids is 1. The Morgan fingerprint density at radius 3 is 3.00 bits per heavy atom. The summed E-state index contributed by atoms with van der Waals surface area (Å²) in [6, 6.07) is 1.96. The molecular weight excluding hydrogens is 310 g/mol. The van der Waals surface area contributed by atoms with E-state index in [4.69, 9.17) is 5.11 Å². The van der Waals surface area contributed by atoms with Crippen LogP contribution in [0.3, 0.4) is 0 Å². The molecule has 0 amide bonds. The van der Waals surface area contributed by atoms with Crippen LogP contribution in [0.4, 0.5) is 0 Å². The summed E-state index contributed by atoms with van der Waals surface area (Å²) in [6.45, 7) is 0.670. The summed E-state index contributed by atoms with van der Waals surface area (Å²) in [6.07, 6.45) is 4.89. The topological polar surface area (TPSA) is 68.0 Å². The smallest absolute Gasteiger partial charge is 0.303 e. The summed E-state index contributed by atoms with van der Waals surface area (Å²) in [5.41, 5.74) is 1.74. The van der Waals surface area contributed by atoms with E-state index in [0.29, 0.717) is 18.9 Å². The van der Waals surface area contributed by atoms with Gasteiger partial charge in [0.05, 0.1) is 0 Å². The standard InChI is InChI=1S/C13H14BrN3O2/c14-9-6-10-13(15-7-9)17(5-1-2-11(18)19)12(16-10)8-3-4-8/h6-8H,1-5H2,(H,18,19). The van der Waals surface area contributed by atoms with Crippen molar-refractivity contribution >= 4 is 33.1 Å². The third kappa shape index (κ3) is 2.63. The normalized spacial score (nSPS) is 15.0. The number of nitrogens with zero attached hydrogens (tertiary/aromatic N) is 3. The first-order valence-electron chi connectivity index (χ1n) is 6.38. The van der Waals surface area contributed by atoms with Crippen LogP contribution in [-0.2, 0) is 11.3 Å². The summed E-state index contributed by atoms with van der Waals surface area (Å²) >= 11 is 3.40. The second-order valence-corrected chi connectivity index (χ2v) is 5.81. The molecule has 6 heteroatoms. The van der Waals surface area contributed by atoms with Gasteiger partial charge in [0.2, 0.25) is 0 Å². The summed E-state index contributed by atoms with van der Waals surface area (Å²) in [5, 5.41) is 8.74. The minimum Gasteiger partial charge on any atom is -0.481 e. The fourth-order valence-corrected chi connectivity index (χ4v) is 2.59. The average molecular weight is 324 g/mol. The number of carboxylic acids is 1. The Kier molecular flexibility index (Phi) is 3.26. The highest BCUT2D eigenvalue weighted by Gasteiger charge is 2.29. The summed E-state index contributed by atoms with van der Waals surface area (Å²) < 4.78 is 3.00. The summed E-state index contributed by atoms with van der Waals surface area (Å²) in [4.78, 5) is 19.7. The molecule has 0 aliphatic heterocycles. The Balaban J connectivity index is 1.94. The lowest BCUT2D eigenvalue weighted by Crippen LogP contribution is -2.06. The van der Waals surface area contributed by atoms with Crippen LogP contribution in [0, 0.1) is 0 Å². The van der Waals surface area contributed by atoms with Gasteiger partial charge in [-0.1, -0.05) is 0 Å². The lowest BCUT2D eigenvalue weighted by atomic mass is 10.3. The largest absolute Gasteiger partial charge is 0.481 e. The molecule has 19 heavy (non-hydrogen) atoms. The van der Waals surface area contributed by atoms with E-state index in [1.165, 1.54) is 12.8 Å². The van der Waals surface area contributed by atoms with Crippen LogP contribution < -0.4 is 0 Å². The Morgan fingerprint density at radius 2 is 2.32 bits per heavy atom. The molecule has 0 spiro atoms. The van der Waals surface area contributed by atoms with Crippen LogP contribution in [0.2, 0.25) is 0 Å². The number of halogens is 1. The average Bonchev–Trinajstić information content (AvgIpc) is 3.13. The minimum atomic E-state index is -0.756. The lowest BCUT2D eigenvalue weighted by Gasteiger charge is -2.06. The van der Waals surface area contributed by atoms with Crippen LogP contribution in [-0.4, -0.2) is 25.6 Å². The van der Waals surface area contributed by atoms with Gasteiger partial charge in [-0.15, -0.1) is 0 Å². The van der Waals surface area contributed by atoms with Crippen molar-refractivity contribution in [2.24, 2.45) is 0 Å². The molecule has 2 aromatic rings. The molecule has 0 radical (unpaired) electrons. The number of pyridine rings is 1. The van der Waals surface area contributed by atoms with Gasteiger partial charge in [0.25, 0.3) is 0 Å². The second-order valence-electron chi connectivity index (χ2n) is 4.89. The minimum absolute atomic E-state index is 0.181. The van der Waals surface area contributed by atoms with Crippen LogP contribution in [0.5, 0.6) is 0 Å². The van der Waals surface area contributed by atoms with Crippen molar-refractivity contribution in [1.29, 1.82) is 0 Å². The molecule has 0 aromatic carbocycles. The highest BCUT2D eigenvalue weighted by atomic mass is 79.9. The van der Waals surface area contributed by atoms with Crippen LogP contribution in [0.15, 0.2) is 16.7 Å². The van der Waals surface area contributed by atoms with Gasteiger partial charge in [0.1, 0.15) is 11.3 Å². The number of hydrogen-bond acceptors (Lipinski definition) is 3. The maximum absolute atomic E-state index is 10.6. The van der Waals surface area contributed by atoms with E-state index in [9.17, 15) is 4.79 Å². The lowest BCUT2D eigenvalue weighted by molar-refractivity contribution is -0.137. The number of carboxylic acid groups (broad SMARTS) is 1. The van der Waals surface area contributed by atoms with Gasteiger partial charge < -0.3 is 9.67 Å². The number of fused-ring (bicyclic) bond motifs is 1. The predicted molar refractivity (Wildman–Crippen MR) is 74.1 cm³/mol. The zero-order valence-electron chi connectivity index (χ0n) is 10.3. The van der Waals surface area contributed by atoms with Crippen LogP contribution >= 0.6 is 15.9 Å². The number of aryl methyl sites for hydroxylation is 1. The molecule has 1 N–H and O–H groups in total. The predicted octanol–water partition coefficient (Wildman–Crippen LogP) is 2.94. The van der Waals surface area contributed by atoms with Gasteiger partial charge >= 0.3 is 5.97 Å². The van der Waals surface area contributed by atoms with Crippen molar-refractivity contribution in [1.82, 2.24) is 14.5 Å². The quantitative estimate of drug-likeness (QED) is 0.918. The number of hydrogen-bond donors (Lipinski definition) is 1. The van der Waals surface area contributed by atoms with Crippen molar-refractivity contribution in [2.45, 2.75) is 38.1 Å². The molecule has 2 aromatic heterocycles. The summed E-state index contributed by atoms with van der Waals surface area (Å²) in [7, 11) is 0. The van der Waals surface area contributed by atoms with Crippen LogP contribution in [0.25, 0.3) is 11.2 Å². The van der Waals surface area contributed by atoms with E-state index in [2.05, 4.69) is 30.5 Å². The monoisotopic (exact) mass is 323 g/mol. The molecule has 3 rings (SSSR count). The Morgan fingerprint density at radius 1 is 1.53 bits per heavy atom. The van der Waals surface area contributed by atoms with Crippen molar-refractivity contribution in [3.8, 4) is 0 Å². The van der Waals surface area contributed by atoms with Crippen LogP contribution in [0.1, 0.15) is 37.4 Å². The van der Waals surface area contributed by atoms with E-state index < -0.39 is 5.97 Å². The van der Waals surface area contributed by atoms with Gasteiger partial charge in [0.15, 0.2) is 5.65 Å². The molecule has 1 aliphatic rings. The van der Waals surface area contributed by atoms with Gasteiger partial charge in [-0.3, -0.25) is 4.79 Å². The Hall–Kier alpha value is -1.43. The highest BCUT2D eigenvalue weighted by Crippen LogP contribution is 2.40. The van der Waals surface area contributed by atoms with Gasteiger partial charge in [0, 0.05) is 29.6 Å². The molecule has 5 nitrogen and oxygen atoms in total. The molecule has 0 atom stereocenters. The van der Waals surface area contributed by atoms with E-state index in [-0.39, 0.29) is 6.42 Å². The van der Waals surface area contributed by atoms with E-state index in [1.807, 2.05) is 6.07 Å². The fourth-order valence-electron chi connectivity index (χ4n) is 2.27. The van der Waals surface area contributed by atoms with Crippen molar-refractivity contribution in [3.63, 3.8) is 0 Å². The first-order chi connectivity index (χ1) is 9.15. The molecule has 1 saturated carbocycles. The number of aromatic nitrogens is 3. The van der Waals surface area contributed by atoms with Crippen molar-refractivity contribution < 1.29 is 9.90 Å². The number of imidazole rings is 1. The first-order valence-corrected chi connectivity index (χ1v) is 7.18. The van der Waals surface area contributed by atoms with Crippen molar-refractivity contribution in [2.75, 3.05) is 0 Å². The number of rotatable bonds is 5. The maximum atomic E-state index is 10.6. The zero-order chi connectivity index (χ0) is 13.4. The Bertz CT molecular complexity index is 634. The molecule has 1 aliphatic carbocycles. The summed E-state index contributed by atoms with van der Waals surface area (Å²) in [5.74, 6) is 0.830. The highest BCUT2D eigenvalue weighted by molar-refractivity contribution is 9.10. The molecule has 1 fully saturated rings. The molecule has 0 saturated heterocycles.